The van der Waals surface area contributed by atoms with Gasteiger partial charge in [-0.1, -0.05) is 50.2 Å². The average molecular weight is 338 g/mol. The van der Waals surface area contributed by atoms with E-state index in [-0.39, 0.29) is 12.5 Å². The summed E-state index contributed by atoms with van der Waals surface area (Å²) in [7, 11) is 0. The summed E-state index contributed by atoms with van der Waals surface area (Å²) in [6, 6.07) is 15.5. The standard InChI is InChI=1S/C20H22N2O3/c1-14(2)16-9-7-15(8-10-16)11-12-21-19(23)13-22-17-5-3-4-6-18(17)25-20(22)24/h3-10,14H,11-13H2,1-2H3,(H,21,23). The molecule has 0 aliphatic heterocycles. The molecule has 0 aliphatic rings. The highest BCUT2D eigenvalue weighted by molar-refractivity contribution is 5.79. The predicted molar refractivity (Wildman–Crippen MR) is 97.7 cm³/mol. The van der Waals surface area contributed by atoms with Gasteiger partial charge in [0.05, 0.1) is 5.52 Å². The Labute approximate surface area is 146 Å². The summed E-state index contributed by atoms with van der Waals surface area (Å²) >= 11 is 0. The zero-order valence-electron chi connectivity index (χ0n) is 14.5. The van der Waals surface area contributed by atoms with Crippen LogP contribution in [-0.4, -0.2) is 17.0 Å². The highest BCUT2D eigenvalue weighted by Crippen LogP contribution is 2.15. The first-order valence-electron chi connectivity index (χ1n) is 8.48. The van der Waals surface area contributed by atoms with Gasteiger partial charge in [0.25, 0.3) is 0 Å². The number of hydrogen-bond acceptors (Lipinski definition) is 3. The molecule has 2 aromatic carbocycles. The van der Waals surface area contributed by atoms with Crippen LogP contribution < -0.4 is 11.1 Å². The lowest BCUT2D eigenvalue weighted by Crippen LogP contribution is -2.32. The van der Waals surface area contributed by atoms with Crippen LogP contribution in [0.25, 0.3) is 11.1 Å². The van der Waals surface area contributed by atoms with Crippen LogP contribution >= 0.6 is 0 Å². The molecule has 1 N–H and O–H groups in total. The first-order valence-corrected chi connectivity index (χ1v) is 8.48. The third kappa shape index (κ3) is 3.99. The third-order valence-electron chi connectivity index (χ3n) is 4.26. The summed E-state index contributed by atoms with van der Waals surface area (Å²) in [4.78, 5) is 24.0. The lowest BCUT2D eigenvalue weighted by molar-refractivity contribution is -0.121. The molecule has 0 spiro atoms. The van der Waals surface area contributed by atoms with E-state index in [1.54, 1.807) is 18.2 Å². The Kier molecular flexibility index (Phi) is 5.03. The van der Waals surface area contributed by atoms with E-state index in [9.17, 15) is 9.59 Å². The summed E-state index contributed by atoms with van der Waals surface area (Å²) < 4.78 is 6.48. The Hall–Kier alpha value is -2.82. The largest absolute Gasteiger partial charge is 0.420 e. The first kappa shape index (κ1) is 17.0. The van der Waals surface area contributed by atoms with Crippen molar-refractivity contribution >= 4 is 17.0 Å². The number of amides is 1. The monoisotopic (exact) mass is 338 g/mol. The van der Waals surface area contributed by atoms with E-state index < -0.39 is 5.76 Å². The van der Waals surface area contributed by atoms with Crippen molar-refractivity contribution in [3.05, 3.63) is 70.2 Å². The lowest BCUT2D eigenvalue weighted by atomic mass is 10.0. The van der Waals surface area contributed by atoms with E-state index in [1.165, 1.54) is 15.7 Å². The highest BCUT2D eigenvalue weighted by Gasteiger charge is 2.11. The maximum atomic E-state index is 12.1. The van der Waals surface area contributed by atoms with Crippen molar-refractivity contribution in [2.75, 3.05) is 6.54 Å². The molecule has 0 aliphatic carbocycles. The maximum absolute atomic E-state index is 12.1. The van der Waals surface area contributed by atoms with Gasteiger partial charge in [0.15, 0.2) is 5.58 Å². The summed E-state index contributed by atoms with van der Waals surface area (Å²) in [6.07, 6.45) is 0.755. The predicted octanol–water partition coefficient (Wildman–Crippen LogP) is 3.08. The van der Waals surface area contributed by atoms with Gasteiger partial charge in [-0.2, -0.15) is 0 Å². The Bertz CT molecular complexity index is 920. The number of fused-ring (bicyclic) bond motifs is 1. The van der Waals surface area contributed by atoms with E-state index >= 15 is 0 Å². The number of nitrogens with one attached hydrogen (secondary N) is 1. The first-order chi connectivity index (χ1) is 12.0. The van der Waals surface area contributed by atoms with Crippen molar-refractivity contribution in [1.29, 1.82) is 0 Å². The molecule has 25 heavy (non-hydrogen) atoms. The molecule has 0 saturated heterocycles. The normalized spacial score (nSPS) is 11.2. The van der Waals surface area contributed by atoms with Gasteiger partial charge in [0.2, 0.25) is 5.91 Å². The number of carbonyl (C=O) groups excluding carboxylic acids is 1. The zero-order valence-corrected chi connectivity index (χ0v) is 14.5. The minimum absolute atomic E-state index is 0.0395. The van der Waals surface area contributed by atoms with Crippen molar-refractivity contribution in [3.63, 3.8) is 0 Å². The van der Waals surface area contributed by atoms with Crippen LogP contribution in [0.2, 0.25) is 0 Å². The van der Waals surface area contributed by atoms with Gasteiger partial charge in [-0.25, -0.2) is 4.79 Å². The second-order valence-electron chi connectivity index (χ2n) is 6.42. The summed E-state index contributed by atoms with van der Waals surface area (Å²) in [5, 5.41) is 2.86. The number of carbonyl (C=O) groups is 1. The third-order valence-corrected chi connectivity index (χ3v) is 4.26. The SMILES string of the molecule is CC(C)c1ccc(CCNC(=O)Cn2c(=O)oc3ccccc32)cc1. The van der Waals surface area contributed by atoms with E-state index in [0.717, 1.165) is 6.42 Å². The summed E-state index contributed by atoms with van der Waals surface area (Å²) in [5.41, 5.74) is 3.60. The molecule has 1 amide bonds. The Morgan fingerprint density at radius 1 is 1.12 bits per heavy atom. The fraction of sp³-hybridized carbons (Fsp3) is 0.300. The van der Waals surface area contributed by atoms with Gasteiger partial charge < -0.3 is 9.73 Å². The number of oxazole rings is 1. The molecule has 0 bridgehead atoms. The number of benzene rings is 2. The van der Waals surface area contributed by atoms with Crippen LogP contribution in [-0.2, 0) is 17.8 Å². The summed E-state index contributed by atoms with van der Waals surface area (Å²) in [5.74, 6) is -0.204. The Morgan fingerprint density at radius 2 is 1.84 bits per heavy atom. The Morgan fingerprint density at radius 3 is 2.56 bits per heavy atom. The van der Waals surface area contributed by atoms with Crippen molar-refractivity contribution in [1.82, 2.24) is 9.88 Å². The van der Waals surface area contributed by atoms with Gasteiger partial charge in [-0.05, 0) is 35.6 Å². The minimum Gasteiger partial charge on any atom is -0.408 e. The molecule has 0 saturated carbocycles. The maximum Gasteiger partial charge on any atom is 0.420 e. The molecule has 0 fully saturated rings. The molecule has 1 aromatic heterocycles. The summed E-state index contributed by atoms with van der Waals surface area (Å²) in [6.45, 7) is 4.82. The zero-order chi connectivity index (χ0) is 17.8. The molecular weight excluding hydrogens is 316 g/mol. The molecule has 0 unspecified atom stereocenters. The molecule has 3 rings (SSSR count). The van der Waals surface area contributed by atoms with E-state index in [4.69, 9.17) is 4.42 Å². The van der Waals surface area contributed by atoms with Crippen molar-refractivity contribution in [2.45, 2.75) is 32.7 Å². The number of rotatable bonds is 6. The molecule has 0 atom stereocenters. The molecule has 130 valence electrons. The van der Waals surface area contributed by atoms with Crippen molar-refractivity contribution in [3.8, 4) is 0 Å². The van der Waals surface area contributed by atoms with Crippen LogP contribution in [0.4, 0.5) is 0 Å². The van der Waals surface area contributed by atoms with Crippen LogP contribution in [0.15, 0.2) is 57.7 Å². The van der Waals surface area contributed by atoms with Crippen molar-refractivity contribution < 1.29 is 9.21 Å². The minimum atomic E-state index is -0.513. The van der Waals surface area contributed by atoms with Crippen molar-refractivity contribution in [2.24, 2.45) is 0 Å². The fourth-order valence-corrected chi connectivity index (χ4v) is 2.78. The molecule has 5 nitrogen and oxygen atoms in total. The number of para-hydroxylation sites is 2. The van der Waals surface area contributed by atoms with Gasteiger partial charge in [0, 0.05) is 6.54 Å². The van der Waals surface area contributed by atoms with Gasteiger partial charge >= 0.3 is 5.76 Å². The fourth-order valence-electron chi connectivity index (χ4n) is 2.78. The molecule has 3 aromatic rings. The highest BCUT2D eigenvalue weighted by atomic mass is 16.4. The van der Waals surface area contributed by atoms with Crippen LogP contribution in [0.3, 0.4) is 0 Å². The van der Waals surface area contributed by atoms with E-state index in [0.29, 0.717) is 23.6 Å². The molecule has 0 radical (unpaired) electrons. The Balaban J connectivity index is 1.56. The van der Waals surface area contributed by atoms with E-state index in [1.807, 2.05) is 6.07 Å². The average Bonchev–Trinajstić information content (AvgIpc) is 2.91. The molecule has 1 heterocycles. The number of aromatic nitrogens is 1. The topological polar surface area (TPSA) is 64.2 Å². The molecular formula is C20H22N2O3. The van der Waals surface area contributed by atoms with Gasteiger partial charge in [-0.15, -0.1) is 0 Å². The number of hydrogen-bond donors (Lipinski definition) is 1. The molecule has 5 heteroatoms. The smallest absolute Gasteiger partial charge is 0.408 e. The second kappa shape index (κ2) is 7.38. The second-order valence-corrected chi connectivity index (χ2v) is 6.42. The quantitative estimate of drug-likeness (QED) is 0.751. The van der Waals surface area contributed by atoms with Gasteiger partial charge in [0.1, 0.15) is 6.54 Å². The van der Waals surface area contributed by atoms with Gasteiger partial charge in [-0.3, -0.25) is 9.36 Å². The lowest BCUT2D eigenvalue weighted by Gasteiger charge is -2.08. The van der Waals surface area contributed by atoms with Crippen LogP contribution in [0.1, 0.15) is 30.9 Å². The number of nitrogens with zero attached hydrogens (tertiary/aromatic N) is 1. The van der Waals surface area contributed by atoms with Crippen LogP contribution in [0.5, 0.6) is 0 Å². The van der Waals surface area contributed by atoms with E-state index in [2.05, 4.69) is 43.4 Å². The van der Waals surface area contributed by atoms with Crippen LogP contribution in [0, 0.1) is 0 Å².